The number of aliphatic hydroxyl groups excluding tert-OH is 1. The summed E-state index contributed by atoms with van der Waals surface area (Å²) in [6.45, 7) is 6.12. The molecule has 0 aliphatic heterocycles. The lowest BCUT2D eigenvalue weighted by Crippen LogP contribution is -2.00. The zero-order valence-electron chi connectivity index (χ0n) is 9.12. The van der Waals surface area contributed by atoms with Crippen molar-refractivity contribution in [1.82, 2.24) is 0 Å². The molecule has 0 saturated heterocycles. The summed E-state index contributed by atoms with van der Waals surface area (Å²) in [5.74, 6) is 1.29. The highest BCUT2D eigenvalue weighted by molar-refractivity contribution is 5.42. The number of ether oxygens (including phenoxy) is 2. The van der Waals surface area contributed by atoms with Gasteiger partial charge in [0.2, 0.25) is 0 Å². The summed E-state index contributed by atoms with van der Waals surface area (Å²) < 4.78 is 10.6. The largest absolute Gasteiger partial charge is 0.493 e. The van der Waals surface area contributed by atoms with Crippen LogP contribution in [0.15, 0.2) is 30.4 Å². The van der Waals surface area contributed by atoms with Crippen molar-refractivity contribution in [3.8, 4) is 11.5 Å². The molecule has 0 bridgehead atoms. The van der Waals surface area contributed by atoms with Gasteiger partial charge in [0.15, 0.2) is 11.5 Å². The van der Waals surface area contributed by atoms with Crippen molar-refractivity contribution >= 4 is 0 Å². The minimum atomic E-state index is -0.00285. The maximum atomic E-state index is 8.96. The third-order valence-corrected chi connectivity index (χ3v) is 1.88. The smallest absolute Gasteiger partial charge is 0.161 e. The highest BCUT2D eigenvalue weighted by atomic mass is 16.5. The number of aliphatic hydroxyl groups is 1. The highest BCUT2D eigenvalue weighted by Gasteiger charge is 2.05. The van der Waals surface area contributed by atoms with Crippen LogP contribution in [0, 0.1) is 0 Å². The zero-order chi connectivity index (χ0) is 11.3. The van der Waals surface area contributed by atoms with Gasteiger partial charge in [-0.25, -0.2) is 0 Å². The molecule has 0 spiro atoms. The molecule has 0 aliphatic carbocycles. The first-order valence-electron chi connectivity index (χ1n) is 4.72. The van der Waals surface area contributed by atoms with Crippen molar-refractivity contribution < 1.29 is 14.6 Å². The predicted molar refractivity (Wildman–Crippen MR) is 59.2 cm³/mol. The first-order chi connectivity index (χ1) is 7.17. The number of methoxy groups -OCH3 is 1. The van der Waals surface area contributed by atoms with E-state index in [1.807, 2.05) is 6.92 Å². The Kier molecular flexibility index (Phi) is 4.18. The molecule has 3 nitrogen and oxygen atoms in total. The van der Waals surface area contributed by atoms with Crippen molar-refractivity contribution in [2.45, 2.75) is 13.5 Å². The Bertz CT molecular complexity index is 345. The summed E-state index contributed by atoms with van der Waals surface area (Å²) in [6.07, 6.45) is 0. The van der Waals surface area contributed by atoms with E-state index in [-0.39, 0.29) is 6.61 Å². The summed E-state index contributed by atoms with van der Waals surface area (Å²) in [5, 5.41) is 8.96. The fourth-order valence-corrected chi connectivity index (χ4v) is 1.13. The van der Waals surface area contributed by atoms with Crippen molar-refractivity contribution in [2.24, 2.45) is 0 Å². The summed E-state index contributed by atoms with van der Waals surface area (Å²) in [7, 11) is 1.57. The Balaban J connectivity index is 2.82. The molecule has 0 aliphatic rings. The predicted octanol–water partition coefficient (Wildman–Crippen LogP) is 2.14. The number of benzene rings is 1. The second-order valence-electron chi connectivity index (χ2n) is 3.39. The fourth-order valence-electron chi connectivity index (χ4n) is 1.13. The average Bonchev–Trinajstić information content (AvgIpc) is 2.25. The van der Waals surface area contributed by atoms with Gasteiger partial charge >= 0.3 is 0 Å². The molecular formula is C12H16O3. The Hall–Kier alpha value is -1.48. The van der Waals surface area contributed by atoms with Gasteiger partial charge in [-0.1, -0.05) is 12.6 Å². The summed E-state index contributed by atoms with van der Waals surface area (Å²) >= 11 is 0. The Labute approximate surface area is 90.0 Å². The molecule has 1 rings (SSSR count). The van der Waals surface area contributed by atoms with E-state index in [0.717, 1.165) is 11.1 Å². The number of hydrogen-bond acceptors (Lipinski definition) is 3. The van der Waals surface area contributed by atoms with E-state index in [2.05, 4.69) is 6.58 Å². The van der Waals surface area contributed by atoms with Gasteiger partial charge in [0.1, 0.15) is 6.61 Å². The maximum absolute atomic E-state index is 8.96. The third kappa shape index (κ3) is 3.29. The lowest BCUT2D eigenvalue weighted by Gasteiger charge is -2.11. The van der Waals surface area contributed by atoms with Crippen LogP contribution in [0.5, 0.6) is 11.5 Å². The third-order valence-electron chi connectivity index (χ3n) is 1.88. The van der Waals surface area contributed by atoms with Gasteiger partial charge in [-0.2, -0.15) is 0 Å². The van der Waals surface area contributed by atoms with Gasteiger partial charge in [-0.15, -0.1) is 0 Å². The van der Waals surface area contributed by atoms with Crippen LogP contribution in [-0.4, -0.2) is 18.8 Å². The monoisotopic (exact) mass is 208 g/mol. The summed E-state index contributed by atoms with van der Waals surface area (Å²) in [6, 6.07) is 5.34. The van der Waals surface area contributed by atoms with Crippen LogP contribution in [0.3, 0.4) is 0 Å². The van der Waals surface area contributed by atoms with Crippen LogP contribution < -0.4 is 9.47 Å². The van der Waals surface area contributed by atoms with Crippen molar-refractivity contribution in [3.63, 3.8) is 0 Å². The molecule has 1 N–H and O–H groups in total. The molecule has 0 aromatic heterocycles. The Morgan fingerprint density at radius 2 is 2.13 bits per heavy atom. The molecule has 3 heteroatoms. The van der Waals surface area contributed by atoms with Gasteiger partial charge in [-0.05, 0) is 30.2 Å². The van der Waals surface area contributed by atoms with Crippen LogP contribution >= 0.6 is 0 Å². The maximum Gasteiger partial charge on any atom is 0.161 e. The second kappa shape index (κ2) is 5.41. The van der Waals surface area contributed by atoms with E-state index in [4.69, 9.17) is 14.6 Å². The van der Waals surface area contributed by atoms with Crippen LogP contribution in [-0.2, 0) is 6.61 Å². The molecule has 82 valence electrons. The van der Waals surface area contributed by atoms with E-state index in [9.17, 15) is 0 Å². The fraction of sp³-hybridized carbons (Fsp3) is 0.333. The van der Waals surface area contributed by atoms with Crippen molar-refractivity contribution in [3.05, 3.63) is 35.9 Å². The SMILES string of the molecule is C=C(C)COc1ccc(CO)cc1OC. The molecule has 0 radical (unpaired) electrons. The molecule has 0 heterocycles. The molecule has 0 atom stereocenters. The van der Waals surface area contributed by atoms with Gasteiger partial charge in [-0.3, -0.25) is 0 Å². The van der Waals surface area contributed by atoms with Gasteiger partial charge in [0.25, 0.3) is 0 Å². The minimum Gasteiger partial charge on any atom is -0.493 e. The molecule has 1 aromatic carbocycles. The molecule has 0 unspecified atom stereocenters. The molecule has 0 amide bonds. The van der Waals surface area contributed by atoms with Crippen LogP contribution in [0.25, 0.3) is 0 Å². The van der Waals surface area contributed by atoms with Gasteiger partial charge in [0, 0.05) is 0 Å². The topological polar surface area (TPSA) is 38.7 Å². The molecule has 0 saturated carbocycles. The van der Waals surface area contributed by atoms with Crippen LogP contribution in [0.2, 0.25) is 0 Å². The summed E-state index contributed by atoms with van der Waals surface area (Å²) in [4.78, 5) is 0. The van der Waals surface area contributed by atoms with E-state index in [0.29, 0.717) is 18.1 Å². The minimum absolute atomic E-state index is 0.00285. The second-order valence-corrected chi connectivity index (χ2v) is 3.39. The standard InChI is InChI=1S/C12H16O3/c1-9(2)8-15-11-5-4-10(7-13)6-12(11)14-3/h4-6,13H,1,7-8H2,2-3H3. The lowest BCUT2D eigenvalue weighted by atomic mass is 10.2. The summed E-state index contributed by atoms with van der Waals surface area (Å²) in [5.41, 5.74) is 1.75. The van der Waals surface area contributed by atoms with Crippen molar-refractivity contribution in [2.75, 3.05) is 13.7 Å². The molecule has 1 aromatic rings. The average molecular weight is 208 g/mol. The zero-order valence-corrected chi connectivity index (χ0v) is 9.12. The molecule has 15 heavy (non-hydrogen) atoms. The number of hydrogen-bond donors (Lipinski definition) is 1. The Morgan fingerprint density at radius 3 is 2.67 bits per heavy atom. The molecule has 0 fully saturated rings. The highest BCUT2D eigenvalue weighted by Crippen LogP contribution is 2.28. The Morgan fingerprint density at radius 1 is 1.40 bits per heavy atom. The van der Waals surface area contributed by atoms with Crippen LogP contribution in [0.4, 0.5) is 0 Å². The van der Waals surface area contributed by atoms with E-state index in [1.165, 1.54) is 0 Å². The van der Waals surface area contributed by atoms with E-state index < -0.39 is 0 Å². The number of rotatable bonds is 5. The first kappa shape index (κ1) is 11.6. The van der Waals surface area contributed by atoms with E-state index in [1.54, 1.807) is 25.3 Å². The quantitative estimate of drug-likeness (QED) is 0.753. The van der Waals surface area contributed by atoms with E-state index >= 15 is 0 Å². The lowest BCUT2D eigenvalue weighted by molar-refractivity contribution is 0.279. The van der Waals surface area contributed by atoms with Crippen LogP contribution in [0.1, 0.15) is 12.5 Å². The van der Waals surface area contributed by atoms with Crippen molar-refractivity contribution in [1.29, 1.82) is 0 Å². The molecular weight excluding hydrogens is 192 g/mol. The van der Waals surface area contributed by atoms with Gasteiger partial charge in [0.05, 0.1) is 13.7 Å². The normalized spacial score (nSPS) is 9.80. The van der Waals surface area contributed by atoms with Gasteiger partial charge < -0.3 is 14.6 Å². The first-order valence-corrected chi connectivity index (χ1v) is 4.72.